The third kappa shape index (κ3) is 2.13. The van der Waals surface area contributed by atoms with E-state index in [1.807, 2.05) is 0 Å². The van der Waals surface area contributed by atoms with E-state index in [9.17, 15) is 0 Å². The fraction of sp³-hybridized carbons (Fsp3) is 0.333. The molecule has 0 amide bonds. The molecule has 1 aliphatic heterocycles. The van der Waals surface area contributed by atoms with Gasteiger partial charge in [-0.05, 0) is 30.5 Å². The maximum Gasteiger partial charge on any atom is 0.131 e. The van der Waals surface area contributed by atoms with E-state index >= 15 is 0 Å². The molecule has 1 fully saturated rings. The summed E-state index contributed by atoms with van der Waals surface area (Å²) in [6.07, 6.45) is 3.10. The Morgan fingerprint density at radius 2 is 2.00 bits per heavy atom. The minimum Gasteiger partial charge on any atom is -0.373 e. The predicted octanol–water partition coefficient (Wildman–Crippen LogP) is 3.05. The Morgan fingerprint density at radius 3 is 2.54 bits per heavy atom. The average Bonchev–Trinajstić information content (AvgIpc) is 2.53. The van der Waals surface area contributed by atoms with Gasteiger partial charge in [0.15, 0.2) is 0 Å². The highest BCUT2D eigenvalue weighted by Crippen LogP contribution is 2.29. The predicted molar refractivity (Wildman–Crippen MR) is 51.9 cm³/mol. The van der Waals surface area contributed by atoms with Gasteiger partial charge in [0, 0.05) is 6.61 Å². The smallest absolute Gasteiger partial charge is 0.131 e. The van der Waals surface area contributed by atoms with Gasteiger partial charge in [-0.3, -0.25) is 0 Å². The van der Waals surface area contributed by atoms with Gasteiger partial charge in [0.05, 0.1) is 6.10 Å². The van der Waals surface area contributed by atoms with Gasteiger partial charge in [0.2, 0.25) is 0 Å². The lowest BCUT2D eigenvalue weighted by molar-refractivity contribution is 0.124. The zero-order chi connectivity index (χ0) is 9.26. The fourth-order valence-electron chi connectivity index (χ4n) is 1.36. The number of pyridine rings is 1. The second kappa shape index (κ2) is 3.82. The van der Waals surface area contributed by atoms with Crippen LogP contribution < -0.4 is 0 Å². The number of hydrogen-bond donors (Lipinski definition) is 0. The largest absolute Gasteiger partial charge is 0.373 e. The van der Waals surface area contributed by atoms with Crippen LogP contribution in [0.2, 0.25) is 10.3 Å². The van der Waals surface area contributed by atoms with Gasteiger partial charge in [0.1, 0.15) is 10.3 Å². The van der Waals surface area contributed by atoms with Crippen molar-refractivity contribution < 1.29 is 4.74 Å². The standard InChI is InChI=1S/C9H8Cl2NO/c10-8-4-6(5-9(11)12-8)7-2-1-3-13-7/h2,4-5,7H,1,3H2. The lowest BCUT2D eigenvalue weighted by atomic mass is 10.1. The Labute approximate surface area is 86.8 Å². The summed E-state index contributed by atoms with van der Waals surface area (Å²) in [6, 6.07) is 3.56. The van der Waals surface area contributed by atoms with Crippen molar-refractivity contribution in [2.75, 3.05) is 6.61 Å². The van der Waals surface area contributed by atoms with Crippen LogP contribution in [0.1, 0.15) is 18.1 Å². The molecule has 0 aromatic carbocycles. The number of aromatic nitrogens is 1. The van der Waals surface area contributed by atoms with Crippen molar-refractivity contribution in [1.82, 2.24) is 4.98 Å². The summed E-state index contributed by atoms with van der Waals surface area (Å²) >= 11 is 11.5. The minimum atomic E-state index is 0.0259. The van der Waals surface area contributed by atoms with Crippen molar-refractivity contribution in [3.8, 4) is 0 Å². The van der Waals surface area contributed by atoms with E-state index in [2.05, 4.69) is 11.4 Å². The third-order valence-electron chi connectivity index (χ3n) is 1.91. The molecule has 0 bridgehead atoms. The van der Waals surface area contributed by atoms with Crippen LogP contribution in [-0.2, 0) is 4.74 Å². The van der Waals surface area contributed by atoms with Crippen LogP contribution in [0.25, 0.3) is 0 Å². The van der Waals surface area contributed by atoms with Crippen molar-refractivity contribution in [1.29, 1.82) is 0 Å². The fourth-order valence-corrected chi connectivity index (χ4v) is 1.84. The maximum absolute atomic E-state index is 5.76. The topological polar surface area (TPSA) is 22.1 Å². The van der Waals surface area contributed by atoms with Gasteiger partial charge in [0.25, 0.3) is 0 Å². The van der Waals surface area contributed by atoms with Gasteiger partial charge >= 0.3 is 0 Å². The van der Waals surface area contributed by atoms with Crippen molar-refractivity contribution in [2.45, 2.75) is 12.5 Å². The van der Waals surface area contributed by atoms with Crippen molar-refractivity contribution in [3.05, 3.63) is 34.4 Å². The molecule has 1 aliphatic rings. The molecule has 0 spiro atoms. The summed E-state index contributed by atoms with van der Waals surface area (Å²) in [6.45, 7) is 0.766. The lowest BCUT2D eigenvalue weighted by Gasteiger charge is -2.09. The Hall–Kier alpha value is -0.310. The van der Waals surface area contributed by atoms with Crippen LogP contribution in [-0.4, -0.2) is 11.6 Å². The van der Waals surface area contributed by atoms with Gasteiger partial charge in [-0.2, -0.15) is 0 Å². The maximum atomic E-state index is 5.76. The Kier molecular flexibility index (Phi) is 2.72. The quantitative estimate of drug-likeness (QED) is 0.674. The summed E-state index contributed by atoms with van der Waals surface area (Å²) in [5.74, 6) is 0. The van der Waals surface area contributed by atoms with Crippen LogP contribution in [0, 0.1) is 6.42 Å². The molecule has 0 aliphatic carbocycles. The summed E-state index contributed by atoms with van der Waals surface area (Å²) in [5, 5.41) is 0.817. The second-order valence-corrected chi connectivity index (χ2v) is 3.64. The second-order valence-electron chi connectivity index (χ2n) is 2.86. The first-order chi connectivity index (χ1) is 6.25. The number of hydrogen-bond acceptors (Lipinski definition) is 2. The van der Waals surface area contributed by atoms with Crippen LogP contribution in [0.4, 0.5) is 0 Å². The molecule has 0 saturated carbocycles. The van der Waals surface area contributed by atoms with Gasteiger partial charge in [-0.15, -0.1) is 0 Å². The van der Waals surface area contributed by atoms with E-state index in [1.165, 1.54) is 0 Å². The van der Waals surface area contributed by atoms with Crippen molar-refractivity contribution in [3.63, 3.8) is 0 Å². The zero-order valence-electron chi connectivity index (χ0n) is 6.84. The summed E-state index contributed by atoms with van der Waals surface area (Å²) in [7, 11) is 0. The highest BCUT2D eigenvalue weighted by molar-refractivity contribution is 6.32. The first-order valence-electron chi connectivity index (χ1n) is 4.03. The minimum absolute atomic E-state index is 0.0259. The highest BCUT2D eigenvalue weighted by Gasteiger charge is 2.18. The SMILES string of the molecule is Clc1cc(C2[CH]CCO2)cc(Cl)n1. The third-order valence-corrected chi connectivity index (χ3v) is 2.30. The molecule has 0 N–H and O–H groups in total. The molecule has 1 radical (unpaired) electrons. The Bertz CT molecular complexity index is 290. The van der Waals surface area contributed by atoms with E-state index in [-0.39, 0.29) is 6.10 Å². The highest BCUT2D eigenvalue weighted by atomic mass is 35.5. The summed E-state index contributed by atoms with van der Waals surface area (Å²) < 4.78 is 5.45. The first kappa shape index (κ1) is 9.25. The monoisotopic (exact) mass is 216 g/mol. The normalized spacial score (nSPS) is 22.2. The molecule has 2 rings (SSSR count). The van der Waals surface area contributed by atoms with Crippen LogP contribution in [0.3, 0.4) is 0 Å². The molecule has 4 heteroatoms. The van der Waals surface area contributed by atoms with E-state index in [0.29, 0.717) is 10.3 Å². The number of rotatable bonds is 1. The molecule has 1 aromatic rings. The molecule has 1 saturated heterocycles. The van der Waals surface area contributed by atoms with Crippen molar-refractivity contribution >= 4 is 23.2 Å². The molecule has 2 heterocycles. The average molecular weight is 217 g/mol. The van der Waals surface area contributed by atoms with Crippen molar-refractivity contribution in [2.24, 2.45) is 0 Å². The molecule has 1 aromatic heterocycles. The Morgan fingerprint density at radius 1 is 1.31 bits per heavy atom. The van der Waals surface area contributed by atoms with Gasteiger partial charge in [-0.1, -0.05) is 23.2 Å². The molecular weight excluding hydrogens is 209 g/mol. The molecular formula is C9H8Cl2NO. The molecule has 1 unspecified atom stereocenters. The van der Waals surface area contributed by atoms with Crippen LogP contribution >= 0.6 is 23.2 Å². The number of nitrogens with zero attached hydrogens (tertiary/aromatic N) is 1. The Balaban J connectivity index is 2.28. The van der Waals surface area contributed by atoms with E-state index < -0.39 is 0 Å². The molecule has 69 valence electrons. The van der Waals surface area contributed by atoms with E-state index in [4.69, 9.17) is 27.9 Å². The number of ether oxygens (including phenoxy) is 1. The van der Waals surface area contributed by atoms with E-state index in [1.54, 1.807) is 12.1 Å². The van der Waals surface area contributed by atoms with Crippen LogP contribution in [0.15, 0.2) is 12.1 Å². The molecule has 13 heavy (non-hydrogen) atoms. The van der Waals surface area contributed by atoms with Gasteiger partial charge in [-0.25, -0.2) is 4.98 Å². The molecule has 2 nitrogen and oxygen atoms in total. The van der Waals surface area contributed by atoms with Crippen LogP contribution in [0.5, 0.6) is 0 Å². The summed E-state index contributed by atoms with van der Waals surface area (Å²) in [5.41, 5.74) is 0.975. The first-order valence-corrected chi connectivity index (χ1v) is 4.79. The summed E-state index contributed by atoms with van der Waals surface area (Å²) in [4.78, 5) is 3.87. The van der Waals surface area contributed by atoms with Gasteiger partial charge < -0.3 is 4.74 Å². The molecule has 1 atom stereocenters. The lowest BCUT2D eigenvalue weighted by Crippen LogP contribution is -1.96. The zero-order valence-corrected chi connectivity index (χ0v) is 8.35. The number of halogens is 2. The van der Waals surface area contributed by atoms with E-state index in [0.717, 1.165) is 18.6 Å².